The van der Waals surface area contributed by atoms with Gasteiger partial charge < -0.3 is 20.1 Å². The van der Waals surface area contributed by atoms with E-state index in [4.69, 9.17) is 9.47 Å². The molecule has 1 atom stereocenters. The molecule has 0 radical (unpaired) electrons. The molecule has 0 unspecified atom stereocenters. The van der Waals surface area contributed by atoms with E-state index in [0.29, 0.717) is 18.0 Å². The van der Waals surface area contributed by atoms with Crippen LogP contribution in [0.3, 0.4) is 0 Å². The highest BCUT2D eigenvalue weighted by molar-refractivity contribution is 5.84. The Kier molecular flexibility index (Phi) is 5.73. The van der Waals surface area contributed by atoms with Gasteiger partial charge in [0.25, 0.3) is 0 Å². The van der Waals surface area contributed by atoms with Gasteiger partial charge in [0.15, 0.2) is 0 Å². The van der Waals surface area contributed by atoms with E-state index < -0.39 is 0 Å². The highest BCUT2D eigenvalue weighted by Crippen LogP contribution is 2.29. The van der Waals surface area contributed by atoms with E-state index in [1.807, 2.05) is 6.07 Å². The monoisotopic (exact) mass is 264 g/mol. The highest BCUT2D eigenvalue weighted by atomic mass is 16.5. The Balaban J connectivity index is 2.75. The summed E-state index contributed by atoms with van der Waals surface area (Å²) in [4.78, 5) is 11.7. The average Bonchev–Trinajstić information content (AvgIpc) is 2.44. The molecule has 1 aromatic rings. The van der Waals surface area contributed by atoms with Crippen LogP contribution >= 0.6 is 0 Å². The maximum absolute atomic E-state index is 11.7. The molecular weight excluding hydrogens is 244 g/mol. The van der Waals surface area contributed by atoms with Crippen molar-refractivity contribution in [1.29, 1.82) is 0 Å². The van der Waals surface area contributed by atoms with Crippen LogP contribution in [0.1, 0.15) is 6.92 Å². The Morgan fingerprint density at radius 2 is 2.16 bits per heavy atom. The lowest BCUT2D eigenvalue weighted by molar-refractivity contribution is -0.121. The molecule has 0 aliphatic rings. The molecule has 19 heavy (non-hydrogen) atoms. The van der Waals surface area contributed by atoms with Crippen LogP contribution in [0.25, 0.3) is 0 Å². The van der Waals surface area contributed by atoms with Gasteiger partial charge in [-0.15, -0.1) is 6.58 Å². The highest BCUT2D eigenvalue weighted by Gasteiger charge is 2.14. The molecule has 1 aromatic carbocycles. The normalized spacial score (nSPS) is 11.3. The number of carbonyl (C=O) groups excluding carboxylic acids is 1. The van der Waals surface area contributed by atoms with Crippen molar-refractivity contribution in [2.75, 3.05) is 26.1 Å². The van der Waals surface area contributed by atoms with Gasteiger partial charge in [-0.2, -0.15) is 0 Å². The van der Waals surface area contributed by atoms with Crippen LogP contribution in [-0.4, -0.2) is 32.7 Å². The molecule has 0 bridgehead atoms. The standard InChI is InChI=1S/C14H20N2O3/c1-5-8-15-14(17)10(2)16-12-7-6-11(18-3)9-13(12)19-4/h5-7,9-10,16H,1,8H2,2-4H3,(H,15,17)/t10-/m0/s1. The van der Waals surface area contributed by atoms with Crippen LogP contribution in [-0.2, 0) is 4.79 Å². The molecule has 0 aliphatic heterocycles. The zero-order valence-corrected chi connectivity index (χ0v) is 11.5. The summed E-state index contributed by atoms with van der Waals surface area (Å²) in [6.07, 6.45) is 1.64. The zero-order valence-electron chi connectivity index (χ0n) is 11.5. The topological polar surface area (TPSA) is 59.6 Å². The number of benzene rings is 1. The molecule has 2 N–H and O–H groups in total. The molecule has 104 valence electrons. The molecule has 0 aromatic heterocycles. The first-order chi connectivity index (χ1) is 9.12. The third-order valence-corrected chi connectivity index (χ3v) is 2.59. The smallest absolute Gasteiger partial charge is 0.242 e. The van der Waals surface area contributed by atoms with Crippen molar-refractivity contribution in [2.45, 2.75) is 13.0 Å². The maximum atomic E-state index is 11.7. The first-order valence-electron chi connectivity index (χ1n) is 5.99. The minimum Gasteiger partial charge on any atom is -0.497 e. The SMILES string of the molecule is C=CCNC(=O)[C@H](C)Nc1ccc(OC)cc1OC. The Morgan fingerprint density at radius 3 is 2.74 bits per heavy atom. The molecule has 0 fully saturated rings. The summed E-state index contributed by atoms with van der Waals surface area (Å²) in [6, 6.07) is 5.01. The van der Waals surface area contributed by atoms with Crippen molar-refractivity contribution >= 4 is 11.6 Å². The third-order valence-electron chi connectivity index (χ3n) is 2.59. The van der Waals surface area contributed by atoms with Crippen LogP contribution in [0.15, 0.2) is 30.9 Å². The van der Waals surface area contributed by atoms with E-state index in [-0.39, 0.29) is 11.9 Å². The Bertz CT molecular complexity index is 446. The molecule has 0 aliphatic carbocycles. The van der Waals surface area contributed by atoms with Crippen molar-refractivity contribution in [3.63, 3.8) is 0 Å². The molecule has 5 nitrogen and oxygen atoms in total. The van der Waals surface area contributed by atoms with Gasteiger partial charge >= 0.3 is 0 Å². The summed E-state index contributed by atoms with van der Waals surface area (Å²) in [5, 5.41) is 5.82. The number of rotatable bonds is 7. The first-order valence-corrected chi connectivity index (χ1v) is 5.99. The second-order valence-corrected chi connectivity index (χ2v) is 3.97. The zero-order chi connectivity index (χ0) is 14.3. The maximum Gasteiger partial charge on any atom is 0.242 e. The van der Waals surface area contributed by atoms with E-state index in [2.05, 4.69) is 17.2 Å². The van der Waals surface area contributed by atoms with Crippen LogP contribution in [0, 0.1) is 0 Å². The number of anilines is 1. The van der Waals surface area contributed by atoms with Gasteiger partial charge in [0.1, 0.15) is 17.5 Å². The lowest BCUT2D eigenvalue weighted by Crippen LogP contribution is -2.37. The van der Waals surface area contributed by atoms with Crippen molar-refractivity contribution in [2.24, 2.45) is 0 Å². The minimum atomic E-state index is -0.373. The number of amides is 1. The lowest BCUT2D eigenvalue weighted by atomic mass is 10.2. The van der Waals surface area contributed by atoms with Crippen LogP contribution in [0.2, 0.25) is 0 Å². The predicted molar refractivity (Wildman–Crippen MR) is 75.8 cm³/mol. The van der Waals surface area contributed by atoms with Gasteiger partial charge in [-0.1, -0.05) is 6.08 Å². The van der Waals surface area contributed by atoms with Crippen molar-refractivity contribution in [1.82, 2.24) is 5.32 Å². The Hall–Kier alpha value is -2.17. The van der Waals surface area contributed by atoms with Gasteiger partial charge in [-0.25, -0.2) is 0 Å². The van der Waals surface area contributed by atoms with E-state index in [0.717, 1.165) is 5.69 Å². The summed E-state index contributed by atoms with van der Waals surface area (Å²) < 4.78 is 10.4. The molecule has 1 rings (SSSR count). The summed E-state index contributed by atoms with van der Waals surface area (Å²) in [5.41, 5.74) is 0.740. The van der Waals surface area contributed by atoms with E-state index in [1.54, 1.807) is 39.4 Å². The summed E-state index contributed by atoms with van der Waals surface area (Å²) in [6.45, 7) is 5.78. The number of hydrogen-bond acceptors (Lipinski definition) is 4. The fraction of sp³-hybridized carbons (Fsp3) is 0.357. The second kappa shape index (κ2) is 7.31. The van der Waals surface area contributed by atoms with Gasteiger partial charge in [0.2, 0.25) is 5.91 Å². The minimum absolute atomic E-state index is 0.0993. The van der Waals surface area contributed by atoms with Crippen molar-refractivity contribution in [3.8, 4) is 11.5 Å². The van der Waals surface area contributed by atoms with Gasteiger partial charge in [-0.05, 0) is 19.1 Å². The largest absolute Gasteiger partial charge is 0.497 e. The van der Waals surface area contributed by atoms with Crippen LogP contribution in [0.4, 0.5) is 5.69 Å². The van der Waals surface area contributed by atoms with E-state index >= 15 is 0 Å². The molecule has 0 heterocycles. The fourth-order valence-electron chi connectivity index (χ4n) is 1.54. The van der Waals surface area contributed by atoms with Crippen LogP contribution < -0.4 is 20.1 Å². The number of ether oxygens (including phenoxy) is 2. The number of methoxy groups -OCH3 is 2. The molecule has 0 saturated heterocycles. The summed E-state index contributed by atoms with van der Waals surface area (Å²) in [7, 11) is 3.16. The summed E-state index contributed by atoms with van der Waals surface area (Å²) in [5.74, 6) is 1.23. The van der Waals surface area contributed by atoms with Gasteiger partial charge in [0.05, 0.1) is 19.9 Å². The fourth-order valence-corrected chi connectivity index (χ4v) is 1.54. The molecule has 1 amide bonds. The van der Waals surface area contributed by atoms with Gasteiger partial charge in [0, 0.05) is 12.6 Å². The predicted octanol–water partition coefficient (Wildman–Crippen LogP) is 1.81. The number of hydrogen-bond donors (Lipinski definition) is 2. The van der Waals surface area contributed by atoms with Crippen molar-refractivity contribution < 1.29 is 14.3 Å². The van der Waals surface area contributed by atoms with Gasteiger partial charge in [-0.3, -0.25) is 4.79 Å². The van der Waals surface area contributed by atoms with E-state index in [9.17, 15) is 4.79 Å². The Labute approximate surface area is 113 Å². The first kappa shape index (κ1) is 14.9. The number of carbonyl (C=O) groups is 1. The second-order valence-electron chi connectivity index (χ2n) is 3.97. The van der Waals surface area contributed by atoms with Crippen LogP contribution in [0.5, 0.6) is 11.5 Å². The molecule has 5 heteroatoms. The number of nitrogens with one attached hydrogen (secondary N) is 2. The lowest BCUT2D eigenvalue weighted by Gasteiger charge is -2.17. The average molecular weight is 264 g/mol. The third kappa shape index (κ3) is 4.21. The molecule has 0 saturated carbocycles. The molecule has 0 spiro atoms. The quantitative estimate of drug-likeness (QED) is 0.737. The molecular formula is C14H20N2O3. The van der Waals surface area contributed by atoms with E-state index in [1.165, 1.54) is 0 Å². The van der Waals surface area contributed by atoms with Crippen molar-refractivity contribution in [3.05, 3.63) is 30.9 Å². The Morgan fingerprint density at radius 1 is 1.42 bits per heavy atom. The summed E-state index contributed by atoms with van der Waals surface area (Å²) >= 11 is 0.